The zero-order valence-corrected chi connectivity index (χ0v) is 23.1. The number of hydrogen-bond acceptors (Lipinski definition) is 5. The number of amides is 1. The number of carbonyl (C=O) groups excluding carboxylic acids is 1. The molecule has 1 aromatic heterocycles. The van der Waals surface area contributed by atoms with Gasteiger partial charge >= 0.3 is 5.97 Å². The van der Waals surface area contributed by atoms with Crippen LogP contribution in [0, 0.1) is 11.8 Å². The first kappa shape index (κ1) is 27.9. The Kier molecular flexibility index (Phi) is 9.26. The largest absolute Gasteiger partial charge is 0.481 e. The van der Waals surface area contributed by atoms with Crippen LogP contribution in [0.4, 0.5) is 5.69 Å². The number of aryl methyl sites for hydroxylation is 1. The van der Waals surface area contributed by atoms with E-state index in [4.69, 9.17) is 9.47 Å². The summed E-state index contributed by atoms with van der Waals surface area (Å²) in [6, 6.07) is 9.41. The highest BCUT2D eigenvalue weighted by Crippen LogP contribution is 2.43. The molecule has 8 nitrogen and oxygen atoms in total. The lowest BCUT2D eigenvalue weighted by atomic mass is 9.81. The average molecular weight is 525 g/mol. The molecule has 0 radical (unpaired) electrons. The number of nitrogens with zero attached hydrogens (tertiary/aromatic N) is 3. The number of pyridine rings is 1. The summed E-state index contributed by atoms with van der Waals surface area (Å²) in [6.07, 6.45) is 8.62. The quantitative estimate of drug-likeness (QED) is 0.415. The second-order valence-electron chi connectivity index (χ2n) is 10.8. The molecule has 2 aliphatic heterocycles. The van der Waals surface area contributed by atoms with Crippen molar-refractivity contribution in [2.24, 2.45) is 18.9 Å². The van der Waals surface area contributed by atoms with Crippen molar-refractivity contribution >= 4 is 17.6 Å². The van der Waals surface area contributed by atoms with E-state index in [9.17, 15) is 14.7 Å². The molecule has 38 heavy (non-hydrogen) atoms. The van der Waals surface area contributed by atoms with Crippen molar-refractivity contribution < 1.29 is 28.7 Å². The van der Waals surface area contributed by atoms with Crippen LogP contribution in [0.25, 0.3) is 0 Å². The Labute approximate surface area is 226 Å². The van der Waals surface area contributed by atoms with Crippen molar-refractivity contribution in [3.8, 4) is 11.5 Å². The molecule has 206 valence electrons. The number of hydrogen-bond donors (Lipinski definition) is 1. The number of aliphatic carboxylic acids is 1. The maximum atomic E-state index is 13.8. The van der Waals surface area contributed by atoms with E-state index in [1.807, 2.05) is 59.2 Å². The highest BCUT2D eigenvalue weighted by atomic mass is 16.7. The van der Waals surface area contributed by atoms with Crippen molar-refractivity contribution in [1.29, 1.82) is 0 Å². The van der Waals surface area contributed by atoms with E-state index in [0.29, 0.717) is 30.5 Å². The number of unbranched alkanes of at least 4 members (excludes halogenated alkanes) is 1. The van der Waals surface area contributed by atoms with Crippen molar-refractivity contribution in [3.05, 3.63) is 48.3 Å². The summed E-state index contributed by atoms with van der Waals surface area (Å²) in [5.41, 5.74) is 1.79. The van der Waals surface area contributed by atoms with Crippen LogP contribution >= 0.6 is 0 Å². The summed E-state index contributed by atoms with van der Waals surface area (Å²) in [5.74, 6) is 0.0429. The Hall–Kier alpha value is -3.13. The standard InChI is InChI=1S/C30H41N3O5/c1-5-7-14-33(23-10-8-13-31(4)17-23)28(34)19-32-18-24(22-11-12-26-27(16-22)38-20-37-26)29(30(35)36)25(32)15-21(3)9-6-2/h8,10-13,16-17,21,24-25,29H,5-7,9,14-15,18-20H2,1-4H3/p+1/t21?,24-,25+,29?/m1/s1. The molecule has 1 saturated heterocycles. The van der Waals surface area contributed by atoms with Crippen molar-refractivity contribution in [1.82, 2.24) is 4.90 Å². The minimum Gasteiger partial charge on any atom is -0.481 e. The number of benzene rings is 1. The van der Waals surface area contributed by atoms with Gasteiger partial charge in [0, 0.05) is 31.1 Å². The second-order valence-corrected chi connectivity index (χ2v) is 10.8. The number of aromatic nitrogens is 1. The van der Waals surface area contributed by atoms with Crippen LogP contribution in [0.3, 0.4) is 0 Å². The first-order chi connectivity index (χ1) is 18.3. The molecular weight excluding hydrogens is 482 g/mol. The first-order valence-electron chi connectivity index (χ1n) is 13.9. The van der Waals surface area contributed by atoms with E-state index in [-0.39, 0.29) is 31.2 Å². The number of fused-ring (bicyclic) bond motifs is 1. The summed E-state index contributed by atoms with van der Waals surface area (Å²) in [4.78, 5) is 30.6. The number of likely N-dealkylation sites (tertiary alicyclic amines) is 1. The topological polar surface area (TPSA) is 83.2 Å². The van der Waals surface area contributed by atoms with Gasteiger partial charge in [-0.15, -0.1) is 0 Å². The van der Waals surface area contributed by atoms with E-state index in [2.05, 4.69) is 25.7 Å². The van der Waals surface area contributed by atoms with Crippen LogP contribution in [0.1, 0.15) is 64.4 Å². The van der Waals surface area contributed by atoms with Gasteiger partial charge in [-0.25, -0.2) is 4.57 Å². The van der Waals surface area contributed by atoms with E-state index >= 15 is 0 Å². The molecule has 4 atom stereocenters. The fourth-order valence-electron chi connectivity index (χ4n) is 6.00. The first-order valence-corrected chi connectivity index (χ1v) is 13.9. The zero-order valence-electron chi connectivity index (χ0n) is 23.1. The molecule has 1 aromatic carbocycles. The van der Waals surface area contributed by atoms with E-state index in [1.54, 1.807) is 0 Å². The average Bonchev–Trinajstić information content (AvgIpc) is 3.49. The summed E-state index contributed by atoms with van der Waals surface area (Å²) in [5, 5.41) is 10.5. The minimum absolute atomic E-state index is 0.00766. The fourth-order valence-corrected chi connectivity index (χ4v) is 6.00. The molecule has 0 aliphatic carbocycles. The predicted molar refractivity (Wildman–Crippen MR) is 145 cm³/mol. The van der Waals surface area contributed by atoms with Crippen LogP contribution in [0.2, 0.25) is 0 Å². The number of rotatable bonds is 12. The Morgan fingerprint density at radius 2 is 1.97 bits per heavy atom. The third-order valence-corrected chi connectivity index (χ3v) is 7.89. The molecule has 0 saturated carbocycles. The normalized spacial score (nSPS) is 21.4. The lowest BCUT2D eigenvalue weighted by Crippen LogP contribution is -2.45. The van der Waals surface area contributed by atoms with Crippen LogP contribution in [0.5, 0.6) is 11.5 Å². The van der Waals surface area contributed by atoms with Crippen LogP contribution < -0.4 is 18.9 Å². The maximum absolute atomic E-state index is 13.8. The number of carboxylic acids is 1. The highest BCUT2D eigenvalue weighted by molar-refractivity contribution is 5.94. The number of anilines is 1. The number of carboxylic acid groups (broad SMARTS) is 1. The Morgan fingerprint density at radius 1 is 1.18 bits per heavy atom. The van der Waals surface area contributed by atoms with Crippen LogP contribution in [0.15, 0.2) is 42.7 Å². The molecule has 0 bridgehead atoms. The summed E-state index contributed by atoms with van der Waals surface area (Å²) < 4.78 is 13.0. The lowest BCUT2D eigenvalue weighted by molar-refractivity contribution is -0.670. The molecule has 8 heteroatoms. The smallest absolute Gasteiger partial charge is 0.308 e. The van der Waals surface area contributed by atoms with Crippen LogP contribution in [-0.2, 0) is 16.6 Å². The highest BCUT2D eigenvalue weighted by Gasteiger charge is 2.47. The Balaban J connectivity index is 1.64. The fraction of sp³-hybridized carbons (Fsp3) is 0.567. The molecule has 2 unspecified atom stereocenters. The molecule has 2 aromatic rings. The van der Waals surface area contributed by atoms with Crippen LogP contribution in [-0.4, -0.2) is 54.4 Å². The van der Waals surface area contributed by atoms with E-state index in [0.717, 1.165) is 43.4 Å². The summed E-state index contributed by atoms with van der Waals surface area (Å²) in [7, 11) is 1.95. The van der Waals surface area contributed by atoms with Gasteiger partial charge in [-0.2, -0.15) is 0 Å². The van der Waals surface area contributed by atoms with Gasteiger partial charge in [0.2, 0.25) is 12.7 Å². The van der Waals surface area contributed by atoms with Gasteiger partial charge < -0.3 is 19.5 Å². The van der Waals surface area contributed by atoms with Gasteiger partial charge in [-0.3, -0.25) is 14.5 Å². The Morgan fingerprint density at radius 3 is 2.68 bits per heavy atom. The summed E-state index contributed by atoms with van der Waals surface area (Å²) in [6.45, 7) is 7.97. The van der Waals surface area contributed by atoms with Gasteiger partial charge in [-0.05, 0) is 42.5 Å². The van der Waals surface area contributed by atoms with E-state index < -0.39 is 11.9 Å². The molecule has 1 N–H and O–H groups in total. The zero-order chi connectivity index (χ0) is 27.2. The maximum Gasteiger partial charge on any atom is 0.308 e. The van der Waals surface area contributed by atoms with Gasteiger partial charge in [-0.1, -0.05) is 46.1 Å². The lowest BCUT2D eigenvalue weighted by Gasteiger charge is -2.31. The van der Waals surface area contributed by atoms with Gasteiger partial charge in [0.05, 0.1) is 12.5 Å². The number of carbonyl (C=O) groups is 2. The number of ether oxygens (including phenoxy) is 2. The molecule has 3 heterocycles. The van der Waals surface area contributed by atoms with Gasteiger partial charge in [0.1, 0.15) is 12.7 Å². The van der Waals surface area contributed by atoms with E-state index in [1.165, 1.54) is 0 Å². The molecule has 2 aliphatic rings. The Bertz CT molecular complexity index is 1120. The SMILES string of the molecule is CCCCN(C(=O)CN1C[C@H](c2ccc3c(c2)OCO3)C(C(=O)O)[C@@H]1CC(C)CCC)c1ccc[n+](C)c1. The van der Waals surface area contributed by atoms with Gasteiger partial charge in [0.15, 0.2) is 23.9 Å². The molecule has 0 spiro atoms. The molecular formula is C30H42N3O5+. The monoisotopic (exact) mass is 524 g/mol. The summed E-state index contributed by atoms with van der Waals surface area (Å²) >= 11 is 0. The molecule has 4 rings (SSSR count). The van der Waals surface area contributed by atoms with Crippen molar-refractivity contribution in [2.75, 3.05) is 31.3 Å². The predicted octanol–water partition coefficient (Wildman–Crippen LogP) is 4.37. The van der Waals surface area contributed by atoms with Crippen molar-refractivity contribution in [3.63, 3.8) is 0 Å². The molecule has 1 fully saturated rings. The third kappa shape index (κ3) is 6.29. The van der Waals surface area contributed by atoms with Gasteiger partial charge in [0.25, 0.3) is 0 Å². The minimum atomic E-state index is -0.811. The molecule has 1 amide bonds. The third-order valence-electron chi connectivity index (χ3n) is 7.89. The van der Waals surface area contributed by atoms with Crippen molar-refractivity contribution in [2.45, 2.75) is 64.8 Å². The second kappa shape index (κ2) is 12.6.